The number of aryl methyl sites for hydroxylation is 1. The topological polar surface area (TPSA) is 73.0 Å². The van der Waals surface area contributed by atoms with Gasteiger partial charge in [-0.2, -0.15) is 5.10 Å². The molecule has 1 aromatic carbocycles. The zero-order valence-electron chi connectivity index (χ0n) is 17.2. The molecule has 0 fully saturated rings. The number of carbonyl (C=O) groups excluding carboxylic acids is 1. The van der Waals surface area contributed by atoms with Crippen LogP contribution in [0.5, 0.6) is 0 Å². The Morgan fingerprint density at radius 2 is 2.03 bits per heavy atom. The van der Waals surface area contributed by atoms with E-state index in [0.717, 1.165) is 36.1 Å². The molecule has 6 nitrogen and oxygen atoms in total. The lowest BCUT2D eigenvalue weighted by Crippen LogP contribution is -2.27. The summed E-state index contributed by atoms with van der Waals surface area (Å²) >= 11 is 12.5. The van der Waals surface area contributed by atoms with E-state index in [9.17, 15) is 4.79 Å². The van der Waals surface area contributed by atoms with Crippen molar-refractivity contribution in [2.75, 3.05) is 5.32 Å². The van der Waals surface area contributed by atoms with Crippen LogP contribution in [0.15, 0.2) is 35.1 Å². The number of nitrogens with one attached hydrogen (secondary N) is 1. The van der Waals surface area contributed by atoms with Gasteiger partial charge in [0.25, 0.3) is 5.91 Å². The first kappa shape index (κ1) is 20.9. The number of hydrogen-bond donors (Lipinski definition) is 1. The van der Waals surface area contributed by atoms with Gasteiger partial charge in [-0.1, -0.05) is 55.2 Å². The molecule has 1 atom stereocenters. The highest BCUT2D eigenvalue weighted by Gasteiger charge is 2.34. The van der Waals surface area contributed by atoms with Crippen molar-refractivity contribution in [2.45, 2.75) is 46.6 Å². The van der Waals surface area contributed by atoms with Crippen LogP contribution in [0, 0.1) is 11.3 Å². The first-order chi connectivity index (χ1) is 14.2. The van der Waals surface area contributed by atoms with Crippen molar-refractivity contribution in [2.24, 2.45) is 11.3 Å². The normalized spacial score (nSPS) is 16.4. The zero-order chi connectivity index (χ0) is 21.5. The van der Waals surface area contributed by atoms with Crippen molar-refractivity contribution in [1.29, 1.82) is 0 Å². The van der Waals surface area contributed by atoms with Gasteiger partial charge in [-0.15, -0.1) is 0 Å². The summed E-state index contributed by atoms with van der Waals surface area (Å²) in [5.74, 6) is 1.02. The van der Waals surface area contributed by atoms with Crippen LogP contribution in [0.4, 0.5) is 5.69 Å². The van der Waals surface area contributed by atoms with E-state index in [-0.39, 0.29) is 11.3 Å². The Kier molecular flexibility index (Phi) is 5.64. The van der Waals surface area contributed by atoms with E-state index in [2.05, 4.69) is 36.3 Å². The fourth-order valence-electron chi connectivity index (χ4n) is 3.87. The average molecular weight is 447 g/mol. The number of benzene rings is 1. The summed E-state index contributed by atoms with van der Waals surface area (Å²) < 4.78 is 7.13. The number of hydrogen-bond acceptors (Lipinski definition) is 4. The van der Waals surface area contributed by atoms with Gasteiger partial charge in [-0.05, 0) is 36.3 Å². The molecule has 0 saturated heterocycles. The van der Waals surface area contributed by atoms with Crippen LogP contribution in [0.1, 0.15) is 54.6 Å². The summed E-state index contributed by atoms with van der Waals surface area (Å²) in [5, 5.41) is 12.4. The van der Waals surface area contributed by atoms with Gasteiger partial charge in [0.05, 0.1) is 18.4 Å². The van der Waals surface area contributed by atoms with Gasteiger partial charge in [-0.25, -0.2) is 0 Å². The predicted molar refractivity (Wildman–Crippen MR) is 117 cm³/mol. The maximum atomic E-state index is 12.9. The zero-order valence-corrected chi connectivity index (χ0v) is 18.7. The van der Waals surface area contributed by atoms with Crippen molar-refractivity contribution < 1.29 is 9.32 Å². The fourth-order valence-corrected chi connectivity index (χ4v) is 4.39. The lowest BCUT2D eigenvalue weighted by Gasteiger charge is -2.33. The third kappa shape index (κ3) is 4.25. The average Bonchev–Trinajstić information content (AvgIpc) is 3.30. The lowest BCUT2D eigenvalue weighted by molar-refractivity contribution is 0.101. The second-order valence-electron chi connectivity index (χ2n) is 8.82. The molecule has 0 radical (unpaired) electrons. The fraction of sp³-hybridized carbons (Fsp3) is 0.409. The smallest absolute Gasteiger partial charge is 0.278 e. The van der Waals surface area contributed by atoms with Crippen molar-refractivity contribution in [1.82, 2.24) is 14.9 Å². The van der Waals surface area contributed by atoms with E-state index < -0.39 is 0 Å². The molecule has 1 unspecified atom stereocenters. The lowest BCUT2D eigenvalue weighted by atomic mass is 9.71. The van der Waals surface area contributed by atoms with Crippen LogP contribution >= 0.6 is 23.2 Å². The molecule has 0 spiro atoms. The minimum atomic E-state index is -0.287. The van der Waals surface area contributed by atoms with E-state index in [1.54, 1.807) is 35.3 Å². The molecule has 1 N–H and O–H groups in total. The maximum Gasteiger partial charge on any atom is 0.278 e. The number of amides is 1. The Labute approximate surface area is 185 Å². The minimum Gasteiger partial charge on any atom is -0.360 e. The third-order valence-electron chi connectivity index (χ3n) is 5.75. The van der Waals surface area contributed by atoms with Crippen LogP contribution in [0.25, 0.3) is 0 Å². The van der Waals surface area contributed by atoms with E-state index in [1.165, 1.54) is 0 Å². The molecule has 8 heteroatoms. The quantitative estimate of drug-likeness (QED) is 0.563. The van der Waals surface area contributed by atoms with Crippen molar-refractivity contribution in [3.8, 4) is 0 Å². The summed E-state index contributed by atoms with van der Waals surface area (Å²) in [6, 6.07) is 5.37. The summed E-state index contributed by atoms with van der Waals surface area (Å²) in [6.07, 6.45) is 5.99. The second kappa shape index (κ2) is 8.08. The number of aromatic nitrogens is 3. The van der Waals surface area contributed by atoms with E-state index >= 15 is 0 Å². The number of anilines is 1. The second-order valence-corrected chi connectivity index (χ2v) is 9.63. The Balaban J connectivity index is 1.48. The maximum absolute atomic E-state index is 12.9. The van der Waals surface area contributed by atoms with Crippen molar-refractivity contribution >= 4 is 34.8 Å². The standard InChI is InChI=1S/C22H24Cl2N4O2/c1-22(2,3)13-7-8-19-15(9-13)20(27-30-19)21(29)26-14-10-25-28(11-14)12-16-17(23)5-4-6-18(16)24/h4-6,10-11,13H,7-9,12H2,1-3H3,(H,26,29). The predicted octanol–water partition coefficient (Wildman–Crippen LogP) is 5.63. The molecule has 4 rings (SSSR count). The van der Waals surface area contributed by atoms with Gasteiger partial charge in [0.1, 0.15) is 5.76 Å². The van der Waals surface area contributed by atoms with Gasteiger partial charge in [0.2, 0.25) is 0 Å². The molecule has 3 aromatic rings. The van der Waals surface area contributed by atoms with E-state index in [1.807, 2.05) is 0 Å². The highest BCUT2D eigenvalue weighted by atomic mass is 35.5. The molecule has 0 aliphatic heterocycles. The molecule has 2 aromatic heterocycles. The van der Waals surface area contributed by atoms with Crippen molar-refractivity contribution in [3.05, 3.63) is 63.2 Å². The van der Waals surface area contributed by atoms with Crippen LogP contribution < -0.4 is 5.32 Å². The third-order valence-corrected chi connectivity index (χ3v) is 6.46. The number of rotatable bonds is 4. The van der Waals surface area contributed by atoms with Crippen LogP contribution in [0.3, 0.4) is 0 Å². The number of halogens is 2. The first-order valence-electron chi connectivity index (χ1n) is 9.96. The number of nitrogens with zero attached hydrogens (tertiary/aromatic N) is 3. The molecule has 158 valence electrons. The molecular formula is C22H24Cl2N4O2. The molecule has 1 aliphatic rings. The summed E-state index contributed by atoms with van der Waals surface area (Å²) in [7, 11) is 0. The minimum absolute atomic E-state index is 0.170. The largest absolute Gasteiger partial charge is 0.360 e. The van der Waals surface area contributed by atoms with Crippen LogP contribution in [-0.4, -0.2) is 20.8 Å². The number of carbonyl (C=O) groups is 1. The first-order valence-corrected chi connectivity index (χ1v) is 10.7. The Hall–Kier alpha value is -2.31. The molecule has 2 heterocycles. The highest BCUT2D eigenvalue weighted by Crippen LogP contribution is 2.38. The highest BCUT2D eigenvalue weighted by molar-refractivity contribution is 6.35. The number of fused-ring (bicyclic) bond motifs is 1. The monoisotopic (exact) mass is 446 g/mol. The molecule has 30 heavy (non-hydrogen) atoms. The molecule has 1 aliphatic carbocycles. The van der Waals surface area contributed by atoms with Crippen LogP contribution in [-0.2, 0) is 19.4 Å². The molecule has 1 amide bonds. The molecule has 0 bridgehead atoms. The van der Waals surface area contributed by atoms with Gasteiger partial charge in [0, 0.05) is 33.8 Å². The van der Waals surface area contributed by atoms with Gasteiger partial charge in [0.15, 0.2) is 5.69 Å². The summed E-state index contributed by atoms with van der Waals surface area (Å²) in [4.78, 5) is 12.9. The summed E-state index contributed by atoms with van der Waals surface area (Å²) in [6.45, 7) is 7.10. The Morgan fingerprint density at radius 3 is 2.73 bits per heavy atom. The molecular weight excluding hydrogens is 423 g/mol. The summed E-state index contributed by atoms with van der Waals surface area (Å²) in [5.41, 5.74) is 2.81. The van der Waals surface area contributed by atoms with Crippen molar-refractivity contribution in [3.63, 3.8) is 0 Å². The van der Waals surface area contributed by atoms with Gasteiger partial charge in [-0.3, -0.25) is 9.48 Å². The van der Waals surface area contributed by atoms with E-state index in [4.69, 9.17) is 27.7 Å². The van der Waals surface area contributed by atoms with Crippen LogP contribution in [0.2, 0.25) is 10.0 Å². The van der Waals surface area contributed by atoms with E-state index in [0.29, 0.717) is 33.9 Å². The Bertz CT molecular complexity index is 1060. The molecule has 0 saturated carbocycles. The van der Waals surface area contributed by atoms with Gasteiger partial charge < -0.3 is 9.84 Å². The SMILES string of the molecule is CC(C)(C)C1CCc2onc(C(=O)Nc3cnn(Cc4c(Cl)cccc4Cl)c3)c2C1. The van der Waals surface area contributed by atoms with Gasteiger partial charge >= 0.3 is 0 Å². The Morgan fingerprint density at radius 1 is 1.30 bits per heavy atom.